The van der Waals surface area contributed by atoms with Gasteiger partial charge in [-0.05, 0) is 38.0 Å². The van der Waals surface area contributed by atoms with Crippen LogP contribution in [0.1, 0.15) is 26.2 Å². The highest BCUT2D eigenvalue weighted by molar-refractivity contribution is 7.80. The van der Waals surface area contributed by atoms with Crippen LogP contribution in [0, 0.1) is 22.7 Å². The summed E-state index contributed by atoms with van der Waals surface area (Å²) in [6.07, 6.45) is 3.96. The maximum atomic E-state index is 8.72. The normalized spacial score (nSPS) is 21.4. The molecule has 0 aromatic carbocycles. The van der Waals surface area contributed by atoms with Crippen molar-refractivity contribution in [3.8, 4) is 6.07 Å². The fourth-order valence-corrected chi connectivity index (χ4v) is 2.60. The summed E-state index contributed by atoms with van der Waals surface area (Å²) in [7, 11) is 2.11. The zero-order chi connectivity index (χ0) is 10.6. The predicted molar refractivity (Wildman–Crippen MR) is 62.4 cm³/mol. The molecule has 1 atom stereocenters. The number of nitriles is 1. The highest BCUT2D eigenvalue weighted by Gasteiger charge is 2.36. The third-order valence-corrected chi connectivity index (χ3v) is 3.83. The molecule has 0 heterocycles. The predicted octanol–water partition coefficient (Wildman–Crippen LogP) is 2.18. The third-order valence-electron chi connectivity index (χ3n) is 3.16. The summed E-state index contributed by atoms with van der Waals surface area (Å²) >= 11 is 4.43. The molecule has 0 spiro atoms. The van der Waals surface area contributed by atoms with Gasteiger partial charge < -0.3 is 4.90 Å². The molecular formula is C11H20N2S. The molecule has 14 heavy (non-hydrogen) atoms. The zero-order valence-electron chi connectivity index (χ0n) is 9.16. The van der Waals surface area contributed by atoms with E-state index in [-0.39, 0.29) is 5.92 Å². The van der Waals surface area contributed by atoms with Crippen LogP contribution in [0.2, 0.25) is 0 Å². The lowest BCUT2D eigenvalue weighted by Crippen LogP contribution is -2.43. The van der Waals surface area contributed by atoms with Gasteiger partial charge in [0.25, 0.3) is 0 Å². The van der Waals surface area contributed by atoms with E-state index in [4.69, 9.17) is 5.26 Å². The molecule has 1 saturated carbocycles. The van der Waals surface area contributed by atoms with E-state index in [9.17, 15) is 0 Å². The number of hydrogen-bond donors (Lipinski definition) is 1. The number of thiol groups is 1. The molecule has 1 unspecified atom stereocenters. The van der Waals surface area contributed by atoms with Crippen molar-refractivity contribution in [1.82, 2.24) is 4.90 Å². The second kappa shape index (κ2) is 5.04. The molecule has 3 heteroatoms. The van der Waals surface area contributed by atoms with Gasteiger partial charge in [0.1, 0.15) is 0 Å². The maximum Gasteiger partial charge on any atom is 0.0666 e. The first kappa shape index (κ1) is 11.9. The van der Waals surface area contributed by atoms with Gasteiger partial charge >= 0.3 is 0 Å². The molecule has 2 nitrogen and oxygen atoms in total. The van der Waals surface area contributed by atoms with E-state index in [2.05, 4.69) is 30.6 Å². The molecule has 0 aromatic heterocycles. The van der Waals surface area contributed by atoms with Crippen LogP contribution in [0.5, 0.6) is 0 Å². The Hall–Kier alpha value is -0.200. The lowest BCUT2D eigenvalue weighted by molar-refractivity contribution is 0.101. The fourth-order valence-electron chi connectivity index (χ4n) is 2.19. The molecule has 0 amide bonds. The molecule has 0 N–H and O–H groups in total. The highest BCUT2D eigenvalue weighted by atomic mass is 32.1. The van der Waals surface area contributed by atoms with Gasteiger partial charge in [0.05, 0.1) is 12.0 Å². The van der Waals surface area contributed by atoms with Gasteiger partial charge in [0.2, 0.25) is 0 Å². The Kier molecular flexibility index (Phi) is 4.28. The smallest absolute Gasteiger partial charge is 0.0666 e. The van der Waals surface area contributed by atoms with Crippen LogP contribution >= 0.6 is 12.6 Å². The first-order valence-corrected chi connectivity index (χ1v) is 5.94. The average molecular weight is 212 g/mol. The lowest BCUT2D eigenvalue weighted by Gasteiger charge is -2.43. The van der Waals surface area contributed by atoms with Crippen molar-refractivity contribution in [2.75, 3.05) is 25.9 Å². The SMILES string of the molecule is CC(C#N)CN(C)CC1(CS)CCC1. The number of hydrogen-bond acceptors (Lipinski definition) is 3. The monoisotopic (exact) mass is 212 g/mol. The van der Waals surface area contributed by atoms with Crippen molar-refractivity contribution < 1.29 is 0 Å². The molecular weight excluding hydrogens is 192 g/mol. The summed E-state index contributed by atoms with van der Waals surface area (Å²) in [6.45, 7) is 3.96. The van der Waals surface area contributed by atoms with E-state index in [0.717, 1.165) is 18.8 Å². The van der Waals surface area contributed by atoms with Crippen molar-refractivity contribution in [1.29, 1.82) is 5.26 Å². The molecule has 0 aliphatic heterocycles. The standard InChI is InChI=1S/C11H20N2S/c1-10(6-12)7-13(2)8-11(9-14)4-3-5-11/h10,14H,3-5,7-9H2,1-2H3. The van der Waals surface area contributed by atoms with Crippen LogP contribution in [-0.2, 0) is 0 Å². The highest BCUT2D eigenvalue weighted by Crippen LogP contribution is 2.42. The summed E-state index contributed by atoms with van der Waals surface area (Å²) < 4.78 is 0. The summed E-state index contributed by atoms with van der Waals surface area (Å²) in [6, 6.07) is 2.27. The van der Waals surface area contributed by atoms with Crippen LogP contribution in [0.15, 0.2) is 0 Å². The Morgan fingerprint density at radius 3 is 2.57 bits per heavy atom. The Morgan fingerprint density at radius 1 is 1.57 bits per heavy atom. The molecule has 0 radical (unpaired) electrons. The van der Waals surface area contributed by atoms with Crippen LogP contribution in [0.4, 0.5) is 0 Å². The quantitative estimate of drug-likeness (QED) is 0.707. The van der Waals surface area contributed by atoms with Gasteiger partial charge in [-0.3, -0.25) is 0 Å². The second-order valence-electron chi connectivity index (χ2n) is 4.74. The van der Waals surface area contributed by atoms with Gasteiger partial charge in [-0.2, -0.15) is 17.9 Å². The molecule has 0 aromatic rings. The molecule has 80 valence electrons. The van der Waals surface area contributed by atoms with Crippen molar-refractivity contribution in [3.05, 3.63) is 0 Å². The van der Waals surface area contributed by atoms with E-state index in [1.165, 1.54) is 19.3 Å². The summed E-state index contributed by atoms with van der Waals surface area (Å²) in [4.78, 5) is 2.28. The largest absolute Gasteiger partial charge is 0.304 e. The summed E-state index contributed by atoms with van der Waals surface area (Å²) in [5.41, 5.74) is 0.451. The first-order chi connectivity index (χ1) is 6.62. The molecule has 1 fully saturated rings. The topological polar surface area (TPSA) is 27.0 Å². The molecule has 0 bridgehead atoms. The second-order valence-corrected chi connectivity index (χ2v) is 5.05. The van der Waals surface area contributed by atoms with Crippen LogP contribution in [0.3, 0.4) is 0 Å². The van der Waals surface area contributed by atoms with Gasteiger partial charge in [-0.15, -0.1) is 0 Å². The minimum atomic E-state index is 0.136. The number of rotatable bonds is 5. The Labute approximate surface area is 92.7 Å². The molecule has 0 saturated heterocycles. The third kappa shape index (κ3) is 2.90. The van der Waals surface area contributed by atoms with Crippen molar-refractivity contribution in [2.45, 2.75) is 26.2 Å². The van der Waals surface area contributed by atoms with Crippen molar-refractivity contribution >= 4 is 12.6 Å². The van der Waals surface area contributed by atoms with Crippen LogP contribution in [-0.4, -0.2) is 30.8 Å². The average Bonchev–Trinajstić information content (AvgIpc) is 2.11. The van der Waals surface area contributed by atoms with Crippen molar-refractivity contribution in [2.24, 2.45) is 11.3 Å². The van der Waals surface area contributed by atoms with Crippen molar-refractivity contribution in [3.63, 3.8) is 0 Å². The minimum Gasteiger partial charge on any atom is -0.304 e. The fraction of sp³-hybridized carbons (Fsp3) is 0.909. The van der Waals surface area contributed by atoms with Gasteiger partial charge in [-0.25, -0.2) is 0 Å². The lowest BCUT2D eigenvalue weighted by atomic mass is 9.70. The molecule has 1 rings (SSSR count). The summed E-state index contributed by atoms with van der Waals surface area (Å²) in [5.74, 6) is 1.12. The molecule has 1 aliphatic carbocycles. The van der Waals surface area contributed by atoms with Gasteiger partial charge in [-0.1, -0.05) is 6.42 Å². The van der Waals surface area contributed by atoms with E-state index in [0.29, 0.717) is 5.41 Å². The van der Waals surface area contributed by atoms with E-state index in [1.54, 1.807) is 0 Å². The van der Waals surface area contributed by atoms with Crippen LogP contribution < -0.4 is 0 Å². The first-order valence-electron chi connectivity index (χ1n) is 5.31. The van der Waals surface area contributed by atoms with Crippen LogP contribution in [0.25, 0.3) is 0 Å². The Bertz CT molecular complexity index is 212. The number of nitrogens with zero attached hydrogens (tertiary/aromatic N) is 2. The van der Waals surface area contributed by atoms with Gasteiger partial charge in [0.15, 0.2) is 0 Å². The van der Waals surface area contributed by atoms with Gasteiger partial charge in [0, 0.05) is 13.1 Å². The summed E-state index contributed by atoms with van der Waals surface area (Å²) in [5, 5.41) is 8.72. The van der Waals surface area contributed by atoms with E-state index < -0.39 is 0 Å². The molecule has 1 aliphatic rings. The van der Waals surface area contributed by atoms with E-state index in [1.807, 2.05) is 6.92 Å². The zero-order valence-corrected chi connectivity index (χ0v) is 10.1. The maximum absolute atomic E-state index is 8.72. The Morgan fingerprint density at radius 2 is 2.21 bits per heavy atom. The minimum absolute atomic E-state index is 0.136. The van der Waals surface area contributed by atoms with E-state index >= 15 is 0 Å². The Balaban J connectivity index is 2.32.